The van der Waals surface area contributed by atoms with Gasteiger partial charge in [-0.2, -0.15) is 0 Å². The number of nitrogens with zero attached hydrogens (tertiary/aromatic N) is 1. The Morgan fingerprint density at radius 1 is 1.07 bits per heavy atom. The average molecular weight is 424 g/mol. The van der Waals surface area contributed by atoms with Crippen LogP contribution in [-0.2, 0) is 23.0 Å². The number of hydrogen-bond acceptors (Lipinski definition) is 3. The van der Waals surface area contributed by atoms with Crippen LogP contribution in [0.25, 0.3) is 0 Å². The second-order valence-corrected chi connectivity index (χ2v) is 9.01. The van der Waals surface area contributed by atoms with E-state index in [9.17, 15) is 17.6 Å². The number of nitrogens with one attached hydrogen (secondary N) is 1. The maximum Gasteiger partial charge on any atom is 0.258 e. The van der Waals surface area contributed by atoms with Gasteiger partial charge in [0.25, 0.3) is 5.91 Å². The van der Waals surface area contributed by atoms with E-state index in [1.54, 1.807) is 24.0 Å². The molecule has 1 amide bonds. The molecule has 1 aliphatic rings. The number of fused-ring (bicyclic) bond motifs is 1. The van der Waals surface area contributed by atoms with Crippen LogP contribution in [0.3, 0.4) is 0 Å². The van der Waals surface area contributed by atoms with Crippen LogP contribution in [0.4, 0.5) is 10.1 Å². The molecule has 30 heavy (non-hydrogen) atoms. The predicted molar refractivity (Wildman–Crippen MR) is 113 cm³/mol. The van der Waals surface area contributed by atoms with Gasteiger partial charge in [0.05, 0.1) is 4.90 Å². The number of carbonyl (C=O) groups is 1. The molecule has 1 heterocycles. The highest BCUT2D eigenvalue weighted by molar-refractivity contribution is 7.89. The Bertz CT molecular complexity index is 1210. The van der Waals surface area contributed by atoms with Crippen molar-refractivity contribution in [3.05, 3.63) is 94.8 Å². The molecule has 0 radical (unpaired) electrons. The van der Waals surface area contributed by atoms with E-state index in [1.807, 2.05) is 36.4 Å². The number of sulfonamides is 1. The quantitative estimate of drug-likeness (QED) is 0.677. The zero-order valence-electron chi connectivity index (χ0n) is 16.4. The van der Waals surface area contributed by atoms with Gasteiger partial charge in [-0.25, -0.2) is 17.5 Å². The number of halogens is 1. The molecule has 4 rings (SSSR count). The van der Waals surface area contributed by atoms with E-state index in [0.29, 0.717) is 17.7 Å². The second-order valence-electron chi connectivity index (χ2n) is 7.27. The molecule has 3 aromatic rings. The Kier molecular flexibility index (Phi) is 5.40. The minimum atomic E-state index is -3.87. The Morgan fingerprint density at radius 3 is 2.60 bits per heavy atom. The van der Waals surface area contributed by atoms with Crippen molar-refractivity contribution in [2.24, 2.45) is 0 Å². The van der Waals surface area contributed by atoms with Crippen molar-refractivity contribution in [1.29, 1.82) is 0 Å². The monoisotopic (exact) mass is 424 g/mol. The number of amides is 1. The minimum absolute atomic E-state index is 0.0406. The third kappa shape index (κ3) is 3.99. The molecular weight excluding hydrogens is 403 g/mol. The highest BCUT2D eigenvalue weighted by Crippen LogP contribution is 2.30. The first-order valence-corrected chi connectivity index (χ1v) is 11.1. The first-order valence-electron chi connectivity index (χ1n) is 9.60. The first-order chi connectivity index (χ1) is 14.3. The van der Waals surface area contributed by atoms with Gasteiger partial charge >= 0.3 is 0 Å². The predicted octanol–water partition coefficient (Wildman–Crippen LogP) is 3.82. The van der Waals surface area contributed by atoms with Crippen LogP contribution in [0.1, 0.15) is 27.0 Å². The van der Waals surface area contributed by atoms with E-state index in [2.05, 4.69) is 4.72 Å². The number of aryl methyl sites for hydroxylation is 1. The van der Waals surface area contributed by atoms with Gasteiger partial charge in [-0.3, -0.25) is 4.79 Å². The highest BCUT2D eigenvalue weighted by Gasteiger charge is 2.26. The van der Waals surface area contributed by atoms with Crippen LogP contribution >= 0.6 is 0 Å². The van der Waals surface area contributed by atoms with Crippen molar-refractivity contribution in [1.82, 2.24) is 4.72 Å². The maximum absolute atomic E-state index is 13.5. The van der Waals surface area contributed by atoms with E-state index < -0.39 is 15.8 Å². The molecule has 154 valence electrons. The van der Waals surface area contributed by atoms with Crippen molar-refractivity contribution in [2.75, 3.05) is 11.4 Å². The molecule has 0 atom stereocenters. The van der Waals surface area contributed by atoms with Crippen LogP contribution in [0.2, 0.25) is 0 Å². The van der Waals surface area contributed by atoms with E-state index in [4.69, 9.17) is 0 Å². The molecule has 0 saturated carbocycles. The molecule has 1 N–H and O–H groups in total. The third-order valence-electron chi connectivity index (χ3n) is 5.22. The Morgan fingerprint density at radius 2 is 1.83 bits per heavy atom. The summed E-state index contributed by atoms with van der Waals surface area (Å²) in [6, 6.07) is 18.3. The molecule has 0 spiro atoms. The number of hydrogen-bond donors (Lipinski definition) is 1. The summed E-state index contributed by atoms with van der Waals surface area (Å²) in [6.45, 7) is 2.25. The normalized spacial score (nSPS) is 13.3. The molecule has 0 aliphatic carbocycles. The lowest BCUT2D eigenvalue weighted by Gasteiger charge is -2.18. The molecule has 0 bridgehead atoms. The molecule has 3 aromatic carbocycles. The van der Waals surface area contributed by atoms with E-state index in [1.165, 1.54) is 12.1 Å². The van der Waals surface area contributed by atoms with Gasteiger partial charge in [-0.05, 0) is 60.4 Å². The number of benzene rings is 3. The van der Waals surface area contributed by atoms with Crippen LogP contribution in [0.15, 0.2) is 71.6 Å². The van der Waals surface area contributed by atoms with Gasteiger partial charge in [-0.15, -0.1) is 0 Å². The fraction of sp³-hybridized carbons (Fsp3) is 0.174. The van der Waals surface area contributed by atoms with Gasteiger partial charge in [0.2, 0.25) is 10.0 Å². The van der Waals surface area contributed by atoms with Crippen molar-refractivity contribution >= 4 is 21.6 Å². The summed E-state index contributed by atoms with van der Waals surface area (Å²) in [4.78, 5) is 14.5. The van der Waals surface area contributed by atoms with Gasteiger partial charge < -0.3 is 4.90 Å². The molecule has 1 aliphatic heterocycles. The zero-order valence-corrected chi connectivity index (χ0v) is 17.2. The highest BCUT2D eigenvalue weighted by atomic mass is 32.2. The third-order valence-corrected chi connectivity index (χ3v) is 6.76. The number of rotatable bonds is 5. The van der Waals surface area contributed by atoms with E-state index >= 15 is 0 Å². The van der Waals surface area contributed by atoms with Gasteiger partial charge in [0, 0.05) is 24.3 Å². The van der Waals surface area contributed by atoms with Gasteiger partial charge in [-0.1, -0.05) is 36.4 Å². The summed E-state index contributed by atoms with van der Waals surface area (Å²) in [5, 5.41) is 0. The standard InChI is InChI=1S/C23H21FN2O3S/c1-16-7-10-20(24)14-22(16)30(28,29)25-15-17-8-9-18-11-12-26(21(18)13-17)23(27)19-5-3-2-4-6-19/h2-10,13-14,25H,11-12,15H2,1H3. The first kappa shape index (κ1) is 20.3. The van der Waals surface area contributed by atoms with Crippen molar-refractivity contribution in [3.8, 4) is 0 Å². The number of anilines is 1. The van der Waals surface area contributed by atoms with Crippen LogP contribution in [0, 0.1) is 12.7 Å². The van der Waals surface area contributed by atoms with Crippen LogP contribution in [0.5, 0.6) is 0 Å². The van der Waals surface area contributed by atoms with E-state index in [0.717, 1.165) is 29.3 Å². The summed E-state index contributed by atoms with van der Waals surface area (Å²) >= 11 is 0. The summed E-state index contributed by atoms with van der Waals surface area (Å²) < 4.78 is 41.3. The lowest BCUT2D eigenvalue weighted by molar-refractivity contribution is 0.0989. The lowest BCUT2D eigenvalue weighted by Crippen LogP contribution is -2.29. The average Bonchev–Trinajstić information content (AvgIpc) is 3.17. The molecule has 0 fully saturated rings. The largest absolute Gasteiger partial charge is 0.308 e. The minimum Gasteiger partial charge on any atom is -0.308 e. The van der Waals surface area contributed by atoms with Crippen LogP contribution in [-0.4, -0.2) is 20.9 Å². The van der Waals surface area contributed by atoms with Crippen LogP contribution < -0.4 is 9.62 Å². The SMILES string of the molecule is Cc1ccc(F)cc1S(=O)(=O)NCc1ccc2c(c1)N(C(=O)c1ccccc1)CC2. The zero-order chi connectivity index (χ0) is 21.3. The molecule has 0 saturated heterocycles. The topological polar surface area (TPSA) is 66.5 Å². The molecule has 7 heteroatoms. The summed E-state index contributed by atoms with van der Waals surface area (Å²) in [6.07, 6.45) is 0.752. The van der Waals surface area contributed by atoms with E-state index in [-0.39, 0.29) is 17.3 Å². The fourth-order valence-electron chi connectivity index (χ4n) is 3.60. The summed E-state index contributed by atoms with van der Waals surface area (Å²) in [5.74, 6) is -0.684. The lowest BCUT2D eigenvalue weighted by atomic mass is 10.1. The van der Waals surface area contributed by atoms with Gasteiger partial charge in [0.1, 0.15) is 5.82 Å². The smallest absolute Gasteiger partial charge is 0.258 e. The molecule has 5 nitrogen and oxygen atoms in total. The Balaban J connectivity index is 1.55. The maximum atomic E-state index is 13.5. The van der Waals surface area contributed by atoms with Crippen molar-refractivity contribution in [2.45, 2.75) is 24.8 Å². The molecule has 0 unspecified atom stereocenters. The summed E-state index contributed by atoms with van der Waals surface area (Å²) in [7, 11) is -3.87. The fourth-order valence-corrected chi connectivity index (χ4v) is 4.87. The Labute approximate surface area is 175 Å². The molecule has 0 aromatic heterocycles. The number of carbonyl (C=O) groups excluding carboxylic acids is 1. The second kappa shape index (κ2) is 8.01. The van der Waals surface area contributed by atoms with Crippen molar-refractivity contribution in [3.63, 3.8) is 0 Å². The Hall–Kier alpha value is -3.03. The van der Waals surface area contributed by atoms with Gasteiger partial charge in [0.15, 0.2) is 0 Å². The molecular formula is C23H21FN2O3S. The summed E-state index contributed by atoms with van der Waals surface area (Å²) in [5.41, 5.74) is 3.64. The van der Waals surface area contributed by atoms with Crippen molar-refractivity contribution < 1.29 is 17.6 Å².